The monoisotopic (exact) mass is 187 g/mol. The SMILES string of the molecule is COCCC(CO)CNC1CCC1. The molecule has 1 atom stereocenters. The van der Waals surface area contributed by atoms with Gasteiger partial charge in [-0.1, -0.05) is 6.42 Å². The molecule has 1 unspecified atom stereocenters. The van der Waals surface area contributed by atoms with E-state index in [1.807, 2.05) is 0 Å². The van der Waals surface area contributed by atoms with Crippen LogP contribution in [-0.2, 0) is 4.74 Å². The Kier molecular flexibility index (Phi) is 5.35. The summed E-state index contributed by atoms with van der Waals surface area (Å²) in [5.74, 6) is 0.362. The van der Waals surface area contributed by atoms with Crippen LogP contribution in [0.15, 0.2) is 0 Å². The first kappa shape index (κ1) is 11.0. The summed E-state index contributed by atoms with van der Waals surface area (Å²) in [6.45, 7) is 1.95. The second-order valence-electron chi connectivity index (χ2n) is 3.87. The summed E-state index contributed by atoms with van der Waals surface area (Å²) in [6.07, 6.45) is 4.93. The van der Waals surface area contributed by atoms with E-state index < -0.39 is 0 Å². The molecule has 78 valence electrons. The van der Waals surface area contributed by atoms with Crippen molar-refractivity contribution in [2.24, 2.45) is 5.92 Å². The van der Waals surface area contributed by atoms with Crippen LogP contribution in [-0.4, -0.2) is 38.0 Å². The molecule has 0 radical (unpaired) electrons. The lowest BCUT2D eigenvalue weighted by Crippen LogP contribution is -2.39. The average molecular weight is 187 g/mol. The van der Waals surface area contributed by atoms with Crippen molar-refractivity contribution in [2.45, 2.75) is 31.7 Å². The van der Waals surface area contributed by atoms with Gasteiger partial charge in [0.15, 0.2) is 0 Å². The summed E-state index contributed by atoms with van der Waals surface area (Å²) < 4.78 is 4.98. The predicted octanol–water partition coefficient (Wildman–Crippen LogP) is 0.773. The number of hydrogen-bond acceptors (Lipinski definition) is 3. The summed E-state index contributed by atoms with van der Waals surface area (Å²) >= 11 is 0. The molecule has 0 bridgehead atoms. The van der Waals surface area contributed by atoms with Gasteiger partial charge in [-0.3, -0.25) is 0 Å². The number of aliphatic hydroxyl groups is 1. The average Bonchev–Trinajstić information content (AvgIpc) is 2.08. The van der Waals surface area contributed by atoms with Crippen LogP contribution in [0.5, 0.6) is 0 Å². The van der Waals surface area contributed by atoms with Gasteiger partial charge in [-0.05, 0) is 25.2 Å². The molecular weight excluding hydrogens is 166 g/mol. The van der Waals surface area contributed by atoms with Gasteiger partial charge in [-0.15, -0.1) is 0 Å². The van der Waals surface area contributed by atoms with Crippen LogP contribution in [0.1, 0.15) is 25.7 Å². The molecule has 1 aliphatic rings. The fourth-order valence-electron chi connectivity index (χ4n) is 1.49. The maximum Gasteiger partial charge on any atom is 0.0472 e. The molecule has 3 nitrogen and oxygen atoms in total. The topological polar surface area (TPSA) is 41.5 Å². The van der Waals surface area contributed by atoms with Crippen molar-refractivity contribution >= 4 is 0 Å². The van der Waals surface area contributed by atoms with E-state index >= 15 is 0 Å². The van der Waals surface area contributed by atoms with Crippen molar-refractivity contribution < 1.29 is 9.84 Å². The molecule has 0 spiro atoms. The molecule has 0 aromatic rings. The Bertz CT molecular complexity index is 126. The van der Waals surface area contributed by atoms with Crippen LogP contribution in [0.4, 0.5) is 0 Å². The summed E-state index contributed by atoms with van der Waals surface area (Å²) in [5, 5.41) is 12.5. The van der Waals surface area contributed by atoms with E-state index in [0.717, 1.165) is 25.6 Å². The number of rotatable bonds is 7. The lowest BCUT2D eigenvalue weighted by Gasteiger charge is -2.28. The van der Waals surface area contributed by atoms with Gasteiger partial charge in [0.2, 0.25) is 0 Å². The molecule has 0 amide bonds. The van der Waals surface area contributed by atoms with Gasteiger partial charge in [-0.25, -0.2) is 0 Å². The normalized spacial score (nSPS) is 19.8. The zero-order valence-electron chi connectivity index (χ0n) is 8.46. The zero-order valence-corrected chi connectivity index (χ0v) is 8.46. The van der Waals surface area contributed by atoms with Gasteiger partial charge >= 0.3 is 0 Å². The van der Waals surface area contributed by atoms with Gasteiger partial charge < -0.3 is 15.2 Å². The molecule has 1 rings (SSSR count). The summed E-state index contributed by atoms with van der Waals surface area (Å²) in [7, 11) is 1.70. The molecule has 1 saturated carbocycles. The third kappa shape index (κ3) is 4.07. The van der Waals surface area contributed by atoms with Crippen molar-refractivity contribution in [1.82, 2.24) is 5.32 Å². The maximum absolute atomic E-state index is 9.06. The molecule has 1 aliphatic carbocycles. The fourth-order valence-corrected chi connectivity index (χ4v) is 1.49. The van der Waals surface area contributed by atoms with E-state index in [9.17, 15) is 0 Å². The minimum atomic E-state index is 0.267. The van der Waals surface area contributed by atoms with E-state index in [4.69, 9.17) is 9.84 Å². The van der Waals surface area contributed by atoms with Crippen LogP contribution < -0.4 is 5.32 Å². The number of nitrogens with one attached hydrogen (secondary N) is 1. The predicted molar refractivity (Wildman–Crippen MR) is 52.7 cm³/mol. The van der Waals surface area contributed by atoms with Crippen LogP contribution in [0.2, 0.25) is 0 Å². The molecule has 0 aliphatic heterocycles. The summed E-state index contributed by atoms with van der Waals surface area (Å²) in [5.41, 5.74) is 0. The van der Waals surface area contributed by atoms with Crippen LogP contribution in [0.25, 0.3) is 0 Å². The van der Waals surface area contributed by atoms with E-state index in [1.54, 1.807) is 7.11 Å². The van der Waals surface area contributed by atoms with E-state index in [0.29, 0.717) is 5.92 Å². The summed E-state index contributed by atoms with van der Waals surface area (Å²) in [4.78, 5) is 0. The molecule has 3 heteroatoms. The molecule has 0 aromatic heterocycles. The third-order valence-electron chi connectivity index (χ3n) is 2.79. The Hall–Kier alpha value is -0.120. The van der Waals surface area contributed by atoms with Crippen molar-refractivity contribution in [1.29, 1.82) is 0 Å². The van der Waals surface area contributed by atoms with Gasteiger partial charge in [0, 0.05) is 32.9 Å². The Morgan fingerprint density at radius 1 is 1.54 bits per heavy atom. The highest BCUT2D eigenvalue weighted by Crippen LogP contribution is 2.18. The minimum Gasteiger partial charge on any atom is -0.396 e. The smallest absolute Gasteiger partial charge is 0.0472 e. The highest BCUT2D eigenvalue weighted by Gasteiger charge is 2.17. The first-order valence-electron chi connectivity index (χ1n) is 5.20. The standard InChI is InChI=1S/C10H21NO2/c1-13-6-5-9(8-12)7-11-10-3-2-4-10/h9-12H,2-8H2,1H3. The molecule has 13 heavy (non-hydrogen) atoms. The Morgan fingerprint density at radius 3 is 2.77 bits per heavy atom. The highest BCUT2D eigenvalue weighted by atomic mass is 16.5. The van der Waals surface area contributed by atoms with Gasteiger partial charge in [0.1, 0.15) is 0 Å². The quantitative estimate of drug-likeness (QED) is 0.618. The first-order valence-corrected chi connectivity index (χ1v) is 5.20. The fraction of sp³-hybridized carbons (Fsp3) is 1.00. The molecule has 1 fully saturated rings. The molecule has 0 heterocycles. The lowest BCUT2D eigenvalue weighted by molar-refractivity contribution is 0.142. The lowest BCUT2D eigenvalue weighted by atomic mass is 9.92. The van der Waals surface area contributed by atoms with E-state index in [2.05, 4.69) is 5.32 Å². The minimum absolute atomic E-state index is 0.267. The molecule has 0 saturated heterocycles. The Balaban J connectivity index is 2.00. The van der Waals surface area contributed by atoms with E-state index in [1.165, 1.54) is 19.3 Å². The molecule has 0 aromatic carbocycles. The molecular formula is C10H21NO2. The molecule has 2 N–H and O–H groups in total. The first-order chi connectivity index (χ1) is 6.36. The van der Waals surface area contributed by atoms with Crippen LogP contribution in [0.3, 0.4) is 0 Å². The van der Waals surface area contributed by atoms with Gasteiger partial charge in [-0.2, -0.15) is 0 Å². The second-order valence-corrected chi connectivity index (χ2v) is 3.87. The summed E-state index contributed by atoms with van der Waals surface area (Å²) in [6, 6.07) is 0.719. The Labute approximate surface area is 80.5 Å². The van der Waals surface area contributed by atoms with Crippen LogP contribution in [0, 0.1) is 5.92 Å². The Morgan fingerprint density at radius 2 is 2.31 bits per heavy atom. The number of hydrogen-bond donors (Lipinski definition) is 2. The number of methoxy groups -OCH3 is 1. The van der Waals surface area contributed by atoms with Crippen molar-refractivity contribution in [3.63, 3.8) is 0 Å². The van der Waals surface area contributed by atoms with Crippen molar-refractivity contribution in [3.8, 4) is 0 Å². The van der Waals surface area contributed by atoms with E-state index in [-0.39, 0.29) is 6.61 Å². The van der Waals surface area contributed by atoms with Crippen LogP contribution >= 0.6 is 0 Å². The largest absolute Gasteiger partial charge is 0.396 e. The third-order valence-corrected chi connectivity index (χ3v) is 2.79. The second kappa shape index (κ2) is 6.35. The van der Waals surface area contributed by atoms with Gasteiger partial charge in [0.25, 0.3) is 0 Å². The highest BCUT2D eigenvalue weighted by molar-refractivity contribution is 4.77. The van der Waals surface area contributed by atoms with Crippen molar-refractivity contribution in [3.05, 3.63) is 0 Å². The number of aliphatic hydroxyl groups excluding tert-OH is 1. The van der Waals surface area contributed by atoms with Gasteiger partial charge in [0.05, 0.1) is 0 Å². The van der Waals surface area contributed by atoms with Crippen molar-refractivity contribution in [2.75, 3.05) is 26.9 Å². The zero-order chi connectivity index (χ0) is 9.52. The number of ether oxygens (including phenoxy) is 1. The maximum atomic E-state index is 9.06.